The smallest absolute Gasteiger partial charge is 0.249 e. The van der Waals surface area contributed by atoms with Crippen LogP contribution in [0.3, 0.4) is 0 Å². The highest BCUT2D eigenvalue weighted by molar-refractivity contribution is 7.91. The van der Waals surface area contributed by atoms with Crippen LogP contribution in [0, 0.1) is 5.41 Å². The van der Waals surface area contributed by atoms with Crippen molar-refractivity contribution in [1.29, 1.82) is 0 Å². The van der Waals surface area contributed by atoms with Crippen molar-refractivity contribution in [2.75, 3.05) is 0 Å². The van der Waals surface area contributed by atoms with Crippen LogP contribution in [-0.2, 0) is 10.0 Å². The molecule has 2 aliphatic rings. The molecule has 0 spiro atoms. The lowest BCUT2D eigenvalue weighted by atomic mass is 9.85. The fourth-order valence-corrected chi connectivity index (χ4v) is 5.22. The third kappa shape index (κ3) is 2.41. The van der Waals surface area contributed by atoms with Gasteiger partial charge in [0.1, 0.15) is 0 Å². The molecule has 0 unspecified atom stereocenters. The predicted molar refractivity (Wildman–Crippen MR) is 83.6 cm³/mol. The lowest BCUT2D eigenvalue weighted by molar-refractivity contribution is 0.342. The Morgan fingerprint density at radius 2 is 2.09 bits per heavy atom. The molecule has 0 radical (unpaired) electrons. The van der Waals surface area contributed by atoms with E-state index in [9.17, 15) is 8.42 Å². The highest BCUT2D eigenvalue weighted by atomic mass is 32.2. The van der Waals surface area contributed by atoms with Crippen LogP contribution in [0.25, 0.3) is 0 Å². The maximum atomic E-state index is 11.4. The van der Waals surface area contributed by atoms with Crippen LogP contribution in [0.5, 0.6) is 0 Å². The summed E-state index contributed by atoms with van der Waals surface area (Å²) in [5.74, 6) is 2.02. The minimum Gasteiger partial charge on any atom is -0.339 e. The monoisotopic (exact) mass is 354 g/mol. The average Bonchev–Trinajstić information content (AvgIpc) is 2.83. The van der Waals surface area contributed by atoms with Gasteiger partial charge in [0, 0.05) is 11.8 Å². The van der Waals surface area contributed by atoms with Gasteiger partial charge in [-0.05, 0) is 18.3 Å². The van der Waals surface area contributed by atoms with E-state index < -0.39 is 10.0 Å². The van der Waals surface area contributed by atoms with Crippen molar-refractivity contribution in [2.45, 2.75) is 55.1 Å². The number of thiazole rings is 1. The lowest BCUT2D eigenvalue weighted by Gasteiger charge is -2.20. The summed E-state index contributed by atoms with van der Waals surface area (Å²) in [4.78, 5) is 8.83. The molecular weight excluding hydrogens is 336 g/mol. The molecule has 0 saturated heterocycles. The van der Waals surface area contributed by atoms with E-state index in [-0.39, 0.29) is 21.5 Å². The maximum Gasteiger partial charge on any atom is 0.249 e. The van der Waals surface area contributed by atoms with Crippen molar-refractivity contribution in [3.8, 4) is 0 Å². The van der Waals surface area contributed by atoms with Crippen molar-refractivity contribution in [3.05, 3.63) is 22.9 Å². The molecule has 2 aromatic heterocycles. The highest BCUT2D eigenvalue weighted by Crippen LogP contribution is 2.70. The second kappa shape index (κ2) is 4.84. The molecule has 0 aromatic carbocycles. The van der Waals surface area contributed by atoms with E-state index in [0.29, 0.717) is 11.8 Å². The van der Waals surface area contributed by atoms with Gasteiger partial charge in [-0.2, -0.15) is 4.98 Å². The number of nitrogens with two attached hydrogens (primary N) is 1. The third-order valence-electron chi connectivity index (χ3n) is 5.07. The van der Waals surface area contributed by atoms with Gasteiger partial charge in [-0.15, -0.1) is 11.3 Å². The second-order valence-corrected chi connectivity index (χ2v) is 9.81. The molecule has 2 aromatic rings. The van der Waals surface area contributed by atoms with Gasteiger partial charge in [-0.25, -0.2) is 18.5 Å². The Kier molecular flexibility index (Phi) is 3.20. The lowest BCUT2D eigenvalue weighted by Crippen LogP contribution is -2.10. The Morgan fingerprint density at radius 1 is 1.35 bits per heavy atom. The van der Waals surface area contributed by atoms with Gasteiger partial charge < -0.3 is 4.52 Å². The molecule has 9 heteroatoms. The third-order valence-corrected chi connectivity index (χ3v) is 7.56. The van der Waals surface area contributed by atoms with Crippen LogP contribution in [-0.4, -0.2) is 23.5 Å². The fourth-order valence-electron chi connectivity index (χ4n) is 3.31. The summed E-state index contributed by atoms with van der Waals surface area (Å²) in [5, 5.41) is 10.0. The summed E-state index contributed by atoms with van der Waals surface area (Å²) < 4.78 is 28.4. The topological polar surface area (TPSA) is 112 Å². The number of sulfonamides is 1. The number of rotatable bonds is 4. The van der Waals surface area contributed by atoms with Gasteiger partial charge in [0.25, 0.3) is 0 Å². The molecular formula is C14H18N4O3S2. The van der Waals surface area contributed by atoms with Crippen LogP contribution in [0.1, 0.15) is 67.6 Å². The number of aromatic nitrogens is 3. The van der Waals surface area contributed by atoms with E-state index in [1.165, 1.54) is 12.6 Å². The van der Waals surface area contributed by atoms with Crippen molar-refractivity contribution >= 4 is 21.4 Å². The Bertz CT molecular complexity index is 851. The van der Waals surface area contributed by atoms with Gasteiger partial charge in [-0.3, -0.25) is 0 Å². The summed E-state index contributed by atoms with van der Waals surface area (Å²) in [6.07, 6.45) is 4.80. The first-order valence-corrected chi connectivity index (χ1v) is 9.97. The zero-order valence-electron chi connectivity index (χ0n) is 12.9. The molecule has 23 heavy (non-hydrogen) atoms. The minimum atomic E-state index is -3.71. The number of nitrogens with zero attached hydrogens (tertiary/aromatic N) is 3. The van der Waals surface area contributed by atoms with Crippen LogP contribution in [0.2, 0.25) is 0 Å². The Labute approximate surface area is 138 Å². The standard InChI is InChI=1S/C14H18N4O3S2/c1-14(2)9(12-17-11(18-21-12)7-4-3-5-7)10(14)13-16-6-8(22-13)23(15,19)20/h6-7,9-10H,3-5H2,1-2H3,(H2,15,19,20)/t9-,10-/m1/s1. The first-order chi connectivity index (χ1) is 10.8. The zero-order valence-corrected chi connectivity index (χ0v) is 14.5. The van der Waals surface area contributed by atoms with E-state index in [2.05, 4.69) is 29.0 Å². The Morgan fingerprint density at radius 3 is 2.65 bits per heavy atom. The van der Waals surface area contributed by atoms with Crippen molar-refractivity contribution < 1.29 is 12.9 Å². The first kappa shape index (κ1) is 15.2. The SMILES string of the molecule is CC1(C)[C@@H](c2nc(C3CCC3)no2)[C@@H]1c1ncc(S(N)(=O)=O)s1. The van der Waals surface area contributed by atoms with Crippen LogP contribution in [0.4, 0.5) is 0 Å². The molecule has 0 aliphatic heterocycles. The predicted octanol–water partition coefficient (Wildman–Crippen LogP) is 2.35. The minimum absolute atomic E-state index is 0.0725. The van der Waals surface area contributed by atoms with Crippen molar-refractivity contribution in [3.63, 3.8) is 0 Å². The van der Waals surface area contributed by atoms with Crippen molar-refractivity contribution in [2.24, 2.45) is 10.6 Å². The zero-order chi connectivity index (χ0) is 16.4. The van der Waals surface area contributed by atoms with Crippen molar-refractivity contribution in [1.82, 2.24) is 15.1 Å². The van der Waals surface area contributed by atoms with Crippen LogP contribution in [0.15, 0.2) is 14.9 Å². The van der Waals surface area contributed by atoms with Crippen LogP contribution >= 0.6 is 11.3 Å². The van der Waals surface area contributed by atoms with E-state index >= 15 is 0 Å². The molecule has 0 amide bonds. The molecule has 2 saturated carbocycles. The molecule has 4 rings (SSSR count). The molecule has 2 atom stereocenters. The van der Waals surface area contributed by atoms with E-state index in [1.54, 1.807) is 0 Å². The van der Waals surface area contributed by atoms with Crippen LogP contribution < -0.4 is 5.14 Å². The molecule has 2 N–H and O–H groups in total. The van der Waals surface area contributed by atoms with E-state index in [4.69, 9.17) is 9.66 Å². The average molecular weight is 354 g/mol. The molecule has 0 bridgehead atoms. The maximum absolute atomic E-state index is 11.4. The Balaban J connectivity index is 1.60. The first-order valence-electron chi connectivity index (χ1n) is 7.60. The molecule has 7 nitrogen and oxygen atoms in total. The molecule has 124 valence electrons. The van der Waals surface area contributed by atoms with Gasteiger partial charge >= 0.3 is 0 Å². The number of hydrogen-bond acceptors (Lipinski definition) is 7. The largest absolute Gasteiger partial charge is 0.339 e. The van der Waals surface area contributed by atoms with Gasteiger partial charge in [0.15, 0.2) is 10.0 Å². The summed E-state index contributed by atoms with van der Waals surface area (Å²) in [6, 6.07) is 0. The highest BCUT2D eigenvalue weighted by Gasteiger charge is 2.63. The molecule has 2 heterocycles. The normalized spacial score (nSPS) is 26.9. The number of primary sulfonamides is 1. The van der Waals surface area contributed by atoms with E-state index in [0.717, 1.165) is 35.0 Å². The summed E-state index contributed by atoms with van der Waals surface area (Å²) >= 11 is 1.13. The van der Waals surface area contributed by atoms with Gasteiger partial charge in [0.05, 0.1) is 17.1 Å². The van der Waals surface area contributed by atoms with E-state index in [1.807, 2.05) is 0 Å². The van der Waals surface area contributed by atoms with Gasteiger partial charge in [0.2, 0.25) is 15.9 Å². The van der Waals surface area contributed by atoms with Gasteiger partial charge in [-0.1, -0.05) is 25.4 Å². The molecule has 2 fully saturated rings. The summed E-state index contributed by atoms with van der Waals surface area (Å²) in [6.45, 7) is 4.21. The summed E-state index contributed by atoms with van der Waals surface area (Å²) in [7, 11) is -3.71. The second-order valence-electron chi connectivity index (χ2n) is 6.96. The fraction of sp³-hybridized carbons (Fsp3) is 0.643. The summed E-state index contributed by atoms with van der Waals surface area (Å²) in [5.41, 5.74) is -0.0864. The number of hydrogen-bond donors (Lipinski definition) is 1. The Hall–Kier alpha value is -1.32. The molecule has 2 aliphatic carbocycles. The quantitative estimate of drug-likeness (QED) is 0.902.